The first-order chi connectivity index (χ1) is 5.95. The lowest BCUT2D eigenvalue weighted by atomic mass is 10.1. The van der Waals surface area contributed by atoms with Gasteiger partial charge in [0.15, 0.2) is 0 Å². The van der Waals surface area contributed by atoms with Crippen LogP contribution >= 0.6 is 11.5 Å². The van der Waals surface area contributed by atoms with Crippen LogP contribution < -0.4 is 10.6 Å². The van der Waals surface area contributed by atoms with E-state index in [2.05, 4.69) is 20.4 Å². The number of hydrogen-bond donors (Lipinski definition) is 2. The summed E-state index contributed by atoms with van der Waals surface area (Å²) in [5.74, 6) is 0. The number of aromatic nitrogens is 1. The zero-order valence-electron chi connectivity index (χ0n) is 6.92. The van der Waals surface area contributed by atoms with Gasteiger partial charge in [0, 0.05) is 11.4 Å². The van der Waals surface area contributed by atoms with E-state index in [1.807, 2.05) is 6.20 Å². The maximum atomic E-state index is 4.05. The van der Waals surface area contributed by atoms with Crippen molar-refractivity contribution < 1.29 is 0 Å². The normalized spacial score (nSPS) is 19.3. The number of piperidine rings is 1. The third-order valence-electron chi connectivity index (χ3n) is 2.14. The molecule has 4 heteroatoms. The predicted molar refractivity (Wildman–Crippen MR) is 51.6 cm³/mol. The first-order valence-electron chi connectivity index (χ1n) is 4.32. The molecule has 0 unspecified atom stereocenters. The molecule has 1 aliphatic heterocycles. The van der Waals surface area contributed by atoms with Gasteiger partial charge in [-0.15, -0.1) is 0 Å². The Morgan fingerprint density at radius 2 is 2.33 bits per heavy atom. The van der Waals surface area contributed by atoms with Crippen LogP contribution in [0.4, 0.5) is 5.69 Å². The molecular weight excluding hydrogens is 170 g/mol. The third kappa shape index (κ3) is 1.95. The maximum absolute atomic E-state index is 4.05. The Labute approximate surface area is 76.4 Å². The van der Waals surface area contributed by atoms with Gasteiger partial charge in [-0.1, -0.05) is 0 Å². The van der Waals surface area contributed by atoms with E-state index in [1.165, 1.54) is 30.1 Å². The van der Waals surface area contributed by atoms with Gasteiger partial charge in [0.1, 0.15) is 0 Å². The Morgan fingerprint density at radius 1 is 1.50 bits per heavy atom. The van der Waals surface area contributed by atoms with Crippen molar-refractivity contribution in [3.05, 3.63) is 11.6 Å². The third-order valence-corrected chi connectivity index (χ3v) is 2.73. The SMILES string of the molecule is c1nscc1NC1CCNCC1. The highest BCUT2D eigenvalue weighted by molar-refractivity contribution is 7.04. The number of nitrogens with one attached hydrogen (secondary N) is 2. The minimum absolute atomic E-state index is 0.641. The molecular formula is C8H13N3S. The van der Waals surface area contributed by atoms with Gasteiger partial charge in [-0.3, -0.25) is 0 Å². The Bertz CT molecular complexity index is 216. The molecule has 0 saturated carbocycles. The second-order valence-electron chi connectivity index (χ2n) is 3.08. The molecule has 1 aromatic heterocycles. The molecule has 0 bridgehead atoms. The van der Waals surface area contributed by atoms with E-state index in [9.17, 15) is 0 Å². The van der Waals surface area contributed by atoms with E-state index >= 15 is 0 Å². The molecule has 2 heterocycles. The van der Waals surface area contributed by atoms with E-state index in [-0.39, 0.29) is 0 Å². The van der Waals surface area contributed by atoms with Crippen LogP contribution in [0, 0.1) is 0 Å². The summed E-state index contributed by atoms with van der Waals surface area (Å²) in [6.45, 7) is 2.27. The van der Waals surface area contributed by atoms with E-state index < -0.39 is 0 Å². The zero-order valence-corrected chi connectivity index (χ0v) is 7.73. The van der Waals surface area contributed by atoms with Crippen molar-refractivity contribution in [3.8, 4) is 0 Å². The highest BCUT2D eigenvalue weighted by Crippen LogP contribution is 2.13. The number of rotatable bonds is 2. The van der Waals surface area contributed by atoms with Crippen LogP contribution in [0.2, 0.25) is 0 Å². The van der Waals surface area contributed by atoms with Gasteiger partial charge >= 0.3 is 0 Å². The second-order valence-corrected chi connectivity index (χ2v) is 3.74. The Morgan fingerprint density at radius 3 is 3.00 bits per heavy atom. The molecule has 0 amide bonds. The Kier molecular flexibility index (Phi) is 2.58. The van der Waals surface area contributed by atoms with Crippen LogP contribution in [0.5, 0.6) is 0 Å². The summed E-state index contributed by atoms with van der Waals surface area (Å²) in [7, 11) is 0. The fourth-order valence-electron chi connectivity index (χ4n) is 1.48. The summed E-state index contributed by atoms with van der Waals surface area (Å²) in [6, 6.07) is 0.641. The standard InChI is InChI=1S/C8H13N3S/c1-3-9-4-2-7(1)11-8-5-10-12-6-8/h5-7,9,11H,1-4H2. The van der Waals surface area contributed by atoms with Crippen LogP contribution in [0.1, 0.15) is 12.8 Å². The minimum Gasteiger partial charge on any atom is -0.380 e. The molecule has 0 aromatic carbocycles. The van der Waals surface area contributed by atoms with Crippen LogP contribution in [0.25, 0.3) is 0 Å². The van der Waals surface area contributed by atoms with Crippen LogP contribution in [-0.4, -0.2) is 23.5 Å². The van der Waals surface area contributed by atoms with Crippen molar-refractivity contribution in [1.29, 1.82) is 0 Å². The zero-order chi connectivity index (χ0) is 8.23. The molecule has 1 fully saturated rings. The van der Waals surface area contributed by atoms with Crippen LogP contribution in [0.15, 0.2) is 11.6 Å². The Balaban J connectivity index is 1.86. The van der Waals surface area contributed by atoms with E-state index in [4.69, 9.17) is 0 Å². The summed E-state index contributed by atoms with van der Waals surface area (Å²) in [4.78, 5) is 0. The minimum atomic E-state index is 0.641. The fraction of sp³-hybridized carbons (Fsp3) is 0.625. The van der Waals surface area contributed by atoms with Crippen molar-refractivity contribution >= 4 is 17.2 Å². The number of nitrogens with zero attached hydrogens (tertiary/aromatic N) is 1. The van der Waals surface area contributed by atoms with Gasteiger partial charge in [-0.05, 0) is 37.5 Å². The molecule has 2 N–H and O–H groups in total. The molecule has 3 nitrogen and oxygen atoms in total. The molecule has 1 aromatic rings. The van der Waals surface area contributed by atoms with Gasteiger partial charge in [0.05, 0.1) is 11.9 Å². The molecule has 2 rings (SSSR count). The average Bonchev–Trinajstić information content (AvgIpc) is 2.59. The molecule has 1 saturated heterocycles. The largest absolute Gasteiger partial charge is 0.380 e. The monoisotopic (exact) mass is 183 g/mol. The number of anilines is 1. The quantitative estimate of drug-likeness (QED) is 0.726. The molecule has 0 atom stereocenters. The van der Waals surface area contributed by atoms with Crippen molar-refractivity contribution in [3.63, 3.8) is 0 Å². The molecule has 12 heavy (non-hydrogen) atoms. The van der Waals surface area contributed by atoms with Gasteiger partial charge < -0.3 is 10.6 Å². The van der Waals surface area contributed by atoms with Gasteiger partial charge in [0.2, 0.25) is 0 Å². The van der Waals surface area contributed by atoms with Gasteiger partial charge in [-0.2, -0.15) is 4.37 Å². The van der Waals surface area contributed by atoms with Crippen molar-refractivity contribution in [2.45, 2.75) is 18.9 Å². The molecule has 1 aliphatic rings. The lowest BCUT2D eigenvalue weighted by Gasteiger charge is -2.23. The van der Waals surface area contributed by atoms with Crippen LogP contribution in [0.3, 0.4) is 0 Å². The topological polar surface area (TPSA) is 37.0 Å². The van der Waals surface area contributed by atoms with Crippen molar-refractivity contribution in [2.24, 2.45) is 0 Å². The molecule has 0 aliphatic carbocycles. The summed E-state index contributed by atoms with van der Waals surface area (Å²) in [6.07, 6.45) is 4.33. The average molecular weight is 183 g/mol. The lowest BCUT2D eigenvalue weighted by Crippen LogP contribution is -2.35. The molecule has 66 valence electrons. The lowest BCUT2D eigenvalue weighted by molar-refractivity contribution is 0.479. The van der Waals surface area contributed by atoms with Crippen molar-refractivity contribution in [2.75, 3.05) is 18.4 Å². The smallest absolute Gasteiger partial charge is 0.0655 e. The highest BCUT2D eigenvalue weighted by atomic mass is 32.1. The van der Waals surface area contributed by atoms with Gasteiger partial charge in [0.25, 0.3) is 0 Å². The summed E-state index contributed by atoms with van der Waals surface area (Å²) in [5.41, 5.74) is 1.17. The van der Waals surface area contributed by atoms with E-state index in [0.29, 0.717) is 6.04 Å². The highest BCUT2D eigenvalue weighted by Gasteiger charge is 2.12. The molecule has 0 spiro atoms. The predicted octanol–water partition coefficient (Wildman–Crippen LogP) is 1.31. The fourth-order valence-corrected chi connectivity index (χ4v) is 1.96. The second kappa shape index (κ2) is 3.87. The Hall–Kier alpha value is -0.610. The first-order valence-corrected chi connectivity index (χ1v) is 5.15. The summed E-state index contributed by atoms with van der Waals surface area (Å²) < 4.78 is 4.05. The van der Waals surface area contributed by atoms with Crippen LogP contribution in [-0.2, 0) is 0 Å². The summed E-state index contributed by atoms with van der Waals surface area (Å²) >= 11 is 1.50. The first kappa shape index (κ1) is 8.01. The van der Waals surface area contributed by atoms with E-state index in [0.717, 1.165) is 13.1 Å². The summed E-state index contributed by atoms with van der Waals surface area (Å²) in [5, 5.41) is 8.87. The van der Waals surface area contributed by atoms with Gasteiger partial charge in [-0.25, -0.2) is 0 Å². The van der Waals surface area contributed by atoms with Crippen molar-refractivity contribution in [1.82, 2.24) is 9.69 Å². The molecule has 0 radical (unpaired) electrons. The van der Waals surface area contributed by atoms with E-state index in [1.54, 1.807) is 0 Å². The maximum Gasteiger partial charge on any atom is 0.0655 e. The number of hydrogen-bond acceptors (Lipinski definition) is 4.